The lowest BCUT2D eigenvalue weighted by Gasteiger charge is -2.20. The van der Waals surface area contributed by atoms with Gasteiger partial charge >= 0.3 is 6.03 Å². The number of nitrogens with zero attached hydrogens (tertiary/aromatic N) is 1. The van der Waals surface area contributed by atoms with Gasteiger partial charge in [0.2, 0.25) is 0 Å². The van der Waals surface area contributed by atoms with Gasteiger partial charge in [0, 0.05) is 18.0 Å². The molecule has 0 fully saturated rings. The maximum atomic E-state index is 11.5. The molecule has 0 unspecified atom stereocenters. The maximum absolute atomic E-state index is 11.5. The van der Waals surface area contributed by atoms with Gasteiger partial charge < -0.3 is 10.2 Å². The van der Waals surface area contributed by atoms with Gasteiger partial charge in [-0.05, 0) is 25.3 Å². The van der Waals surface area contributed by atoms with Gasteiger partial charge in [0.05, 0.1) is 6.54 Å². The molecule has 0 atom stereocenters. The monoisotopic (exact) mass is 212 g/mol. The largest absolute Gasteiger partial charge is 0.338 e. The summed E-state index contributed by atoms with van der Waals surface area (Å²) >= 11 is 1.68. The molecule has 0 radical (unpaired) electrons. The molecule has 2 amide bonds. The zero-order valence-corrected chi connectivity index (χ0v) is 9.43. The average Bonchev–Trinajstić information content (AvgIpc) is 2.66. The quantitative estimate of drug-likeness (QED) is 0.816. The van der Waals surface area contributed by atoms with E-state index in [2.05, 4.69) is 5.32 Å². The summed E-state index contributed by atoms with van der Waals surface area (Å²) in [5, 5.41) is 4.83. The molecule has 0 aliphatic rings. The van der Waals surface area contributed by atoms with Gasteiger partial charge in [-0.1, -0.05) is 6.07 Å². The van der Waals surface area contributed by atoms with Crippen molar-refractivity contribution < 1.29 is 4.79 Å². The van der Waals surface area contributed by atoms with Gasteiger partial charge in [0.1, 0.15) is 0 Å². The summed E-state index contributed by atoms with van der Waals surface area (Å²) in [6.45, 7) is 6.04. The van der Waals surface area contributed by atoms with Gasteiger partial charge in [-0.15, -0.1) is 11.3 Å². The maximum Gasteiger partial charge on any atom is 0.317 e. The molecular formula is C10H16N2OS. The van der Waals surface area contributed by atoms with Crippen LogP contribution in [0.5, 0.6) is 0 Å². The minimum absolute atomic E-state index is 0.0170. The number of amides is 2. The number of hydrogen-bond acceptors (Lipinski definition) is 2. The SMILES string of the molecule is CCNC(=O)N(CC)Cc1cccs1. The molecule has 1 N–H and O–H groups in total. The van der Waals surface area contributed by atoms with E-state index in [0.717, 1.165) is 6.54 Å². The first-order valence-corrected chi connectivity index (χ1v) is 5.71. The molecule has 1 rings (SSSR count). The van der Waals surface area contributed by atoms with Crippen LogP contribution >= 0.6 is 11.3 Å². The van der Waals surface area contributed by atoms with Crippen LogP contribution in [0.3, 0.4) is 0 Å². The van der Waals surface area contributed by atoms with Crippen molar-refractivity contribution in [2.75, 3.05) is 13.1 Å². The number of rotatable bonds is 4. The highest BCUT2D eigenvalue weighted by molar-refractivity contribution is 7.09. The van der Waals surface area contributed by atoms with E-state index in [0.29, 0.717) is 13.1 Å². The number of urea groups is 1. The van der Waals surface area contributed by atoms with Crippen LogP contribution in [0.1, 0.15) is 18.7 Å². The minimum atomic E-state index is 0.0170. The fraction of sp³-hybridized carbons (Fsp3) is 0.500. The molecule has 3 nitrogen and oxygen atoms in total. The Labute approximate surface area is 88.7 Å². The molecule has 1 aromatic heterocycles. The van der Waals surface area contributed by atoms with Gasteiger partial charge in [-0.2, -0.15) is 0 Å². The predicted octanol–water partition coefficient (Wildman–Crippen LogP) is 2.30. The van der Waals surface area contributed by atoms with Crippen molar-refractivity contribution >= 4 is 17.4 Å². The standard InChI is InChI=1S/C10H16N2OS/c1-3-11-10(13)12(4-2)8-9-6-5-7-14-9/h5-7H,3-4,8H2,1-2H3,(H,11,13). The summed E-state index contributed by atoms with van der Waals surface area (Å²) < 4.78 is 0. The first kappa shape index (κ1) is 11.0. The molecule has 78 valence electrons. The highest BCUT2D eigenvalue weighted by atomic mass is 32.1. The predicted molar refractivity (Wildman–Crippen MR) is 59.5 cm³/mol. The van der Waals surface area contributed by atoms with Crippen LogP contribution in [-0.2, 0) is 6.54 Å². The fourth-order valence-corrected chi connectivity index (χ4v) is 1.90. The van der Waals surface area contributed by atoms with Crippen LogP contribution in [0.15, 0.2) is 17.5 Å². The molecule has 14 heavy (non-hydrogen) atoms. The fourth-order valence-electron chi connectivity index (χ4n) is 1.18. The Hall–Kier alpha value is -1.03. The first-order chi connectivity index (χ1) is 6.77. The van der Waals surface area contributed by atoms with Crippen molar-refractivity contribution in [3.05, 3.63) is 22.4 Å². The first-order valence-electron chi connectivity index (χ1n) is 4.83. The van der Waals surface area contributed by atoms with Crippen LogP contribution < -0.4 is 5.32 Å². The Morgan fingerprint density at radius 2 is 2.36 bits per heavy atom. The van der Waals surface area contributed by atoms with Gasteiger partial charge in [-0.25, -0.2) is 4.79 Å². The molecule has 1 aromatic rings. The third-order valence-electron chi connectivity index (χ3n) is 1.92. The summed E-state index contributed by atoms with van der Waals surface area (Å²) in [5.74, 6) is 0. The number of nitrogens with one attached hydrogen (secondary N) is 1. The highest BCUT2D eigenvalue weighted by Crippen LogP contribution is 2.11. The molecule has 0 aromatic carbocycles. The second-order valence-electron chi connectivity index (χ2n) is 2.93. The third kappa shape index (κ3) is 3.03. The number of thiophene rings is 1. The molecule has 4 heteroatoms. The van der Waals surface area contributed by atoms with E-state index in [1.54, 1.807) is 16.2 Å². The highest BCUT2D eigenvalue weighted by Gasteiger charge is 2.10. The van der Waals surface area contributed by atoms with Crippen molar-refractivity contribution in [2.24, 2.45) is 0 Å². The molecular weight excluding hydrogens is 196 g/mol. The Morgan fingerprint density at radius 3 is 2.86 bits per heavy atom. The zero-order valence-electron chi connectivity index (χ0n) is 8.62. The van der Waals surface area contributed by atoms with E-state index in [9.17, 15) is 4.79 Å². The zero-order chi connectivity index (χ0) is 10.4. The lowest BCUT2D eigenvalue weighted by atomic mass is 10.4. The van der Waals surface area contributed by atoms with E-state index in [4.69, 9.17) is 0 Å². The van der Waals surface area contributed by atoms with Gasteiger partial charge in [0.25, 0.3) is 0 Å². The Kier molecular flexibility index (Phi) is 4.46. The van der Waals surface area contributed by atoms with Crippen LogP contribution in [0.25, 0.3) is 0 Å². The van der Waals surface area contributed by atoms with Crippen LogP contribution in [0, 0.1) is 0 Å². The van der Waals surface area contributed by atoms with Crippen LogP contribution in [0.4, 0.5) is 4.79 Å². The summed E-state index contributed by atoms with van der Waals surface area (Å²) in [5.41, 5.74) is 0. The number of carbonyl (C=O) groups excluding carboxylic acids is 1. The Morgan fingerprint density at radius 1 is 1.57 bits per heavy atom. The van der Waals surface area contributed by atoms with E-state index in [1.165, 1.54) is 4.88 Å². The molecule has 1 heterocycles. The molecule has 0 saturated heterocycles. The Bertz CT molecular complexity index is 272. The number of hydrogen-bond donors (Lipinski definition) is 1. The summed E-state index contributed by atoms with van der Waals surface area (Å²) in [6, 6.07) is 4.07. The smallest absolute Gasteiger partial charge is 0.317 e. The van der Waals surface area contributed by atoms with Crippen LogP contribution in [0.2, 0.25) is 0 Å². The summed E-state index contributed by atoms with van der Waals surface area (Å²) in [7, 11) is 0. The van der Waals surface area contributed by atoms with E-state index in [-0.39, 0.29) is 6.03 Å². The van der Waals surface area contributed by atoms with Gasteiger partial charge in [0.15, 0.2) is 0 Å². The lowest BCUT2D eigenvalue weighted by Crippen LogP contribution is -2.39. The molecule has 0 spiro atoms. The second-order valence-corrected chi connectivity index (χ2v) is 3.96. The van der Waals surface area contributed by atoms with E-state index in [1.807, 2.05) is 31.4 Å². The Balaban J connectivity index is 2.50. The van der Waals surface area contributed by atoms with Gasteiger partial charge in [-0.3, -0.25) is 0 Å². The summed E-state index contributed by atoms with van der Waals surface area (Å²) in [6.07, 6.45) is 0. The third-order valence-corrected chi connectivity index (χ3v) is 2.78. The molecule has 0 saturated carbocycles. The van der Waals surface area contributed by atoms with E-state index >= 15 is 0 Å². The minimum Gasteiger partial charge on any atom is -0.338 e. The van der Waals surface area contributed by atoms with Crippen molar-refractivity contribution in [1.29, 1.82) is 0 Å². The van der Waals surface area contributed by atoms with E-state index < -0.39 is 0 Å². The summed E-state index contributed by atoms with van der Waals surface area (Å²) in [4.78, 5) is 14.5. The normalized spacial score (nSPS) is 9.86. The molecule has 0 aliphatic heterocycles. The average molecular weight is 212 g/mol. The van der Waals surface area contributed by atoms with Crippen molar-refractivity contribution in [1.82, 2.24) is 10.2 Å². The van der Waals surface area contributed by atoms with Crippen LogP contribution in [-0.4, -0.2) is 24.0 Å². The van der Waals surface area contributed by atoms with Crippen molar-refractivity contribution in [2.45, 2.75) is 20.4 Å². The second kappa shape index (κ2) is 5.65. The molecule has 0 bridgehead atoms. The lowest BCUT2D eigenvalue weighted by molar-refractivity contribution is 0.199. The van der Waals surface area contributed by atoms with Crippen molar-refractivity contribution in [3.63, 3.8) is 0 Å². The van der Waals surface area contributed by atoms with Crippen molar-refractivity contribution in [3.8, 4) is 0 Å². The number of carbonyl (C=O) groups is 1. The topological polar surface area (TPSA) is 32.3 Å². The molecule has 0 aliphatic carbocycles.